The Morgan fingerprint density at radius 3 is 2.19 bits per heavy atom. The third-order valence-electron chi connectivity index (χ3n) is 7.99. The molecule has 1 saturated heterocycles. The van der Waals surface area contributed by atoms with Gasteiger partial charge in [0.05, 0.1) is 45.7 Å². The zero-order valence-corrected chi connectivity index (χ0v) is 25.6. The van der Waals surface area contributed by atoms with Crippen LogP contribution in [0.15, 0.2) is 96.1 Å². The van der Waals surface area contributed by atoms with Gasteiger partial charge in [-0.2, -0.15) is 0 Å². The van der Waals surface area contributed by atoms with Crippen molar-refractivity contribution in [3.63, 3.8) is 0 Å². The van der Waals surface area contributed by atoms with E-state index in [4.69, 9.17) is 23.7 Å². The van der Waals surface area contributed by atoms with E-state index < -0.39 is 5.60 Å². The Hall–Kier alpha value is -3.61. The number of carbonyl (C=O) groups excluding carboxylic acids is 1. The maximum atomic E-state index is 13.0. The van der Waals surface area contributed by atoms with Gasteiger partial charge < -0.3 is 23.7 Å². The van der Waals surface area contributed by atoms with Gasteiger partial charge in [0.15, 0.2) is 0 Å². The number of methoxy groups -OCH3 is 2. The van der Waals surface area contributed by atoms with Gasteiger partial charge >= 0.3 is 5.97 Å². The monoisotopic (exact) mass is 572 g/mol. The molecule has 0 spiro atoms. The molecule has 1 heterocycles. The summed E-state index contributed by atoms with van der Waals surface area (Å²) in [5, 5.41) is 0. The molecule has 0 N–H and O–H groups in total. The van der Waals surface area contributed by atoms with Crippen molar-refractivity contribution in [2.45, 2.75) is 65.0 Å². The summed E-state index contributed by atoms with van der Waals surface area (Å²) in [5.41, 5.74) is 4.63. The number of allylic oxidation sites excluding steroid dienone is 3. The largest absolute Gasteiger partial charge is 0.497 e. The Labute approximate surface area is 250 Å². The van der Waals surface area contributed by atoms with E-state index in [2.05, 4.69) is 19.6 Å². The van der Waals surface area contributed by atoms with Crippen LogP contribution in [0.2, 0.25) is 0 Å². The second-order valence-electron chi connectivity index (χ2n) is 11.6. The van der Waals surface area contributed by atoms with Crippen LogP contribution in [0.3, 0.4) is 0 Å². The molecule has 2 aromatic rings. The highest BCUT2D eigenvalue weighted by Crippen LogP contribution is 2.39. The molecule has 1 aliphatic heterocycles. The van der Waals surface area contributed by atoms with Crippen LogP contribution in [0.5, 0.6) is 11.5 Å². The van der Waals surface area contributed by atoms with Crippen molar-refractivity contribution in [3.05, 3.63) is 107 Å². The van der Waals surface area contributed by atoms with Gasteiger partial charge in [-0.1, -0.05) is 66.3 Å². The molecule has 0 aromatic heterocycles. The molecule has 2 aromatic carbocycles. The summed E-state index contributed by atoms with van der Waals surface area (Å²) in [6.45, 7) is 11.9. The van der Waals surface area contributed by atoms with Gasteiger partial charge in [0, 0.05) is 17.4 Å². The zero-order chi connectivity index (χ0) is 30.1. The fraction of sp³-hybridized carbons (Fsp3) is 0.417. The summed E-state index contributed by atoms with van der Waals surface area (Å²) in [4.78, 5) is 13.0. The predicted octanol–water partition coefficient (Wildman–Crippen LogP) is 7.54. The van der Waals surface area contributed by atoms with Crippen molar-refractivity contribution in [2.75, 3.05) is 20.8 Å². The number of hydrogen-bond acceptors (Lipinski definition) is 6. The van der Waals surface area contributed by atoms with Crippen LogP contribution < -0.4 is 9.47 Å². The number of hydrogen-bond donors (Lipinski definition) is 0. The third-order valence-corrected chi connectivity index (χ3v) is 7.99. The zero-order valence-electron chi connectivity index (χ0n) is 25.6. The number of esters is 1. The van der Waals surface area contributed by atoms with E-state index in [0.29, 0.717) is 31.8 Å². The lowest BCUT2D eigenvalue weighted by Gasteiger charge is -2.34. The number of rotatable bonds is 10. The first-order valence-electron chi connectivity index (χ1n) is 14.6. The topological polar surface area (TPSA) is 63.2 Å². The molecule has 6 nitrogen and oxygen atoms in total. The van der Waals surface area contributed by atoms with E-state index in [-0.39, 0.29) is 23.9 Å². The molecule has 4 rings (SSSR count). The molecule has 0 saturated carbocycles. The first-order valence-corrected chi connectivity index (χ1v) is 14.6. The van der Waals surface area contributed by atoms with Gasteiger partial charge in [-0.15, -0.1) is 0 Å². The predicted molar refractivity (Wildman–Crippen MR) is 165 cm³/mol. The van der Waals surface area contributed by atoms with Crippen molar-refractivity contribution < 1.29 is 28.5 Å². The lowest BCUT2D eigenvalue weighted by Crippen LogP contribution is -2.35. The standard InChI is InChI=1S/C36H44O6/c1-25-9-18-32-33(8-7-19-36(3,4)42-23-28-12-16-30(39-6)17-13-28)35(37)41-24-34(32)26(2)21-31(20-25)40-22-27-10-14-29(38-5)15-11-27/h7-8,10-17,19-20,31-32,34H,2,9,18,21-24H2,1,3-6H3/b19-7+,25-20-,33-8-/t31-,32+,34-/m0/s1. The number of carbonyl (C=O) groups is 1. The summed E-state index contributed by atoms with van der Waals surface area (Å²) >= 11 is 0. The van der Waals surface area contributed by atoms with Crippen molar-refractivity contribution >= 4 is 5.97 Å². The van der Waals surface area contributed by atoms with Crippen molar-refractivity contribution in [1.29, 1.82) is 0 Å². The summed E-state index contributed by atoms with van der Waals surface area (Å²) in [6.07, 6.45) is 10.3. The van der Waals surface area contributed by atoms with E-state index in [1.165, 1.54) is 5.57 Å². The minimum absolute atomic E-state index is 0.0374. The van der Waals surface area contributed by atoms with E-state index in [9.17, 15) is 4.79 Å². The van der Waals surface area contributed by atoms with Crippen molar-refractivity contribution in [1.82, 2.24) is 0 Å². The van der Waals surface area contributed by atoms with Gasteiger partial charge in [-0.25, -0.2) is 4.79 Å². The molecule has 1 aliphatic carbocycles. The molecule has 224 valence electrons. The average molecular weight is 573 g/mol. The molecule has 0 unspecified atom stereocenters. The highest BCUT2D eigenvalue weighted by atomic mass is 16.5. The van der Waals surface area contributed by atoms with E-state index in [1.807, 2.05) is 80.6 Å². The summed E-state index contributed by atoms with van der Waals surface area (Å²) in [5.74, 6) is 1.48. The van der Waals surface area contributed by atoms with Gasteiger partial charge in [0.2, 0.25) is 0 Å². The van der Waals surface area contributed by atoms with Crippen LogP contribution in [0.1, 0.15) is 51.2 Å². The maximum Gasteiger partial charge on any atom is 0.334 e. The SMILES string of the molecule is C=C1C[C@@H](OCc2ccc(OC)cc2)/C=C(/C)CC[C@@H]2/C(=C/C=C/C(C)(C)OCc3ccc(OC)cc3)C(=O)OC[C@@H]12. The van der Waals surface area contributed by atoms with Crippen molar-refractivity contribution in [2.24, 2.45) is 11.8 Å². The van der Waals surface area contributed by atoms with Crippen LogP contribution in [0.25, 0.3) is 0 Å². The fourth-order valence-electron chi connectivity index (χ4n) is 5.39. The Morgan fingerprint density at radius 1 is 0.952 bits per heavy atom. The number of fused-ring (bicyclic) bond motifs is 1. The highest BCUT2D eigenvalue weighted by Gasteiger charge is 2.37. The van der Waals surface area contributed by atoms with Gasteiger partial charge in [-0.05, 0) is 75.4 Å². The van der Waals surface area contributed by atoms with Crippen LogP contribution >= 0.6 is 0 Å². The van der Waals surface area contributed by atoms with E-state index in [0.717, 1.165) is 41.0 Å². The maximum absolute atomic E-state index is 13.0. The molecule has 0 amide bonds. The second-order valence-corrected chi connectivity index (χ2v) is 11.6. The smallest absolute Gasteiger partial charge is 0.334 e. The summed E-state index contributed by atoms with van der Waals surface area (Å²) in [6, 6.07) is 15.8. The number of cyclic esters (lactones) is 1. The molecule has 42 heavy (non-hydrogen) atoms. The average Bonchev–Trinajstić information content (AvgIpc) is 3.04. The number of ether oxygens (including phenoxy) is 5. The first-order chi connectivity index (χ1) is 20.2. The van der Waals surface area contributed by atoms with Crippen LogP contribution in [0, 0.1) is 11.8 Å². The Balaban J connectivity index is 1.42. The number of benzene rings is 2. The molecule has 0 radical (unpaired) electrons. The second kappa shape index (κ2) is 14.5. The van der Waals surface area contributed by atoms with Gasteiger partial charge in [0.25, 0.3) is 0 Å². The van der Waals surface area contributed by atoms with Crippen LogP contribution in [-0.4, -0.2) is 38.5 Å². The van der Waals surface area contributed by atoms with Gasteiger partial charge in [0.1, 0.15) is 11.5 Å². The Morgan fingerprint density at radius 2 is 1.57 bits per heavy atom. The molecule has 3 atom stereocenters. The summed E-state index contributed by atoms with van der Waals surface area (Å²) in [7, 11) is 3.32. The van der Waals surface area contributed by atoms with E-state index in [1.54, 1.807) is 14.2 Å². The van der Waals surface area contributed by atoms with Crippen LogP contribution in [0.4, 0.5) is 0 Å². The normalized spacial score (nSPS) is 23.8. The fourth-order valence-corrected chi connectivity index (χ4v) is 5.39. The Kier molecular flexibility index (Phi) is 10.8. The summed E-state index contributed by atoms with van der Waals surface area (Å²) < 4.78 is 28.7. The molecule has 1 fully saturated rings. The van der Waals surface area contributed by atoms with Crippen molar-refractivity contribution in [3.8, 4) is 11.5 Å². The minimum atomic E-state index is -0.523. The highest BCUT2D eigenvalue weighted by molar-refractivity contribution is 5.90. The molecule has 2 aliphatic rings. The first kappa shape index (κ1) is 31.3. The lowest BCUT2D eigenvalue weighted by molar-refractivity contribution is -0.144. The molecular weight excluding hydrogens is 528 g/mol. The minimum Gasteiger partial charge on any atom is -0.497 e. The molecular formula is C36H44O6. The quantitative estimate of drug-likeness (QED) is 0.166. The molecule has 6 heteroatoms. The molecule has 0 bridgehead atoms. The lowest BCUT2D eigenvalue weighted by atomic mass is 9.76. The van der Waals surface area contributed by atoms with E-state index >= 15 is 0 Å². The third kappa shape index (κ3) is 8.70. The van der Waals surface area contributed by atoms with Gasteiger partial charge in [-0.3, -0.25) is 0 Å². The Bertz CT molecular complexity index is 1300. The van der Waals surface area contributed by atoms with Crippen LogP contribution in [-0.2, 0) is 32.2 Å².